The Kier molecular flexibility index (Phi) is 4.82. The molecule has 0 saturated heterocycles. The summed E-state index contributed by atoms with van der Waals surface area (Å²) in [6.45, 7) is 2.78. The highest BCUT2D eigenvalue weighted by Crippen LogP contribution is 2.33. The normalized spacial score (nSPS) is 10.4. The number of benzene rings is 2. The number of hydrogen-bond acceptors (Lipinski definition) is 5. The van der Waals surface area contributed by atoms with E-state index in [9.17, 15) is 0 Å². The predicted octanol–water partition coefficient (Wildman–Crippen LogP) is 4.61. The van der Waals surface area contributed by atoms with E-state index in [-0.39, 0.29) is 0 Å². The standard InChI is InChI=1S/C18H18ClN5/c1-2-24(13-8-4-3-5-9-13)18-16(20)17(21-12-22-18)23-15-11-7-6-10-14(15)19/h3-12H,2,20H2,1H3,(H,21,22,23). The minimum atomic E-state index is 0.475. The van der Waals surface area contributed by atoms with Gasteiger partial charge in [0.2, 0.25) is 0 Å². The topological polar surface area (TPSA) is 67.1 Å². The van der Waals surface area contributed by atoms with Gasteiger partial charge in [-0.3, -0.25) is 0 Å². The zero-order chi connectivity index (χ0) is 16.9. The second kappa shape index (κ2) is 7.19. The first-order chi connectivity index (χ1) is 11.7. The lowest BCUT2D eigenvalue weighted by molar-refractivity contribution is 0.980. The molecule has 6 heteroatoms. The van der Waals surface area contributed by atoms with E-state index in [1.54, 1.807) is 0 Å². The summed E-state index contributed by atoms with van der Waals surface area (Å²) in [5.74, 6) is 1.19. The van der Waals surface area contributed by atoms with Gasteiger partial charge in [-0.15, -0.1) is 0 Å². The van der Waals surface area contributed by atoms with Gasteiger partial charge in [-0.05, 0) is 31.2 Å². The van der Waals surface area contributed by atoms with Crippen LogP contribution in [0, 0.1) is 0 Å². The van der Waals surface area contributed by atoms with E-state index in [0.29, 0.717) is 22.3 Å². The molecule has 0 aliphatic carbocycles. The molecule has 0 aliphatic rings. The van der Waals surface area contributed by atoms with Gasteiger partial charge in [-0.1, -0.05) is 41.9 Å². The van der Waals surface area contributed by atoms with Crippen LogP contribution in [0.3, 0.4) is 0 Å². The Balaban J connectivity index is 1.97. The Labute approximate surface area is 146 Å². The third-order valence-corrected chi connectivity index (χ3v) is 3.96. The third-order valence-electron chi connectivity index (χ3n) is 3.63. The molecule has 122 valence electrons. The van der Waals surface area contributed by atoms with Crippen LogP contribution in [0.5, 0.6) is 0 Å². The van der Waals surface area contributed by atoms with E-state index < -0.39 is 0 Å². The molecule has 5 nitrogen and oxygen atoms in total. The molecule has 0 atom stereocenters. The Bertz CT molecular complexity index is 823. The number of nitrogens with one attached hydrogen (secondary N) is 1. The summed E-state index contributed by atoms with van der Waals surface area (Å²) in [5, 5.41) is 3.78. The van der Waals surface area contributed by atoms with Gasteiger partial charge in [-0.2, -0.15) is 0 Å². The minimum Gasteiger partial charge on any atom is -0.393 e. The van der Waals surface area contributed by atoms with Gasteiger partial charge in [0.05, 0.1) is 10.7 Å². The summed E-state index contributed by atoms with van der Waals surface area (Å²) in [4.78, 5) is 10.7. The first-order valence-electron chi connectivity index (χ1n) is 7.65. The molecule has 0 radical (unpaired) electrons. The number of hydrogen-bond donors (Lipinski definition) is 2. The lowest BCUT2D eigenvalue weighted by atomic mass is 10.2. The maximum Gasteiger partial charge on any atom is 0.161 e. The fourth-order valence-corrected chi connectivity index (χ4v) is 2.64. The van der Waals surface area contributed by atoms with Crippen molar-refractivity contribution in [1.29, 1.82) is 0 Å². The number of halogens is 1. The summed E-state index contributed by atoms with van der Waals surface area (Å²) >= 11 is 6.19. The van der Waals surface area contributed by atoms with Gasteiger partial charge in [0.15, 0.2) is 11.6 Å². The molecule has 1 heterocycles. The highest BCUT2D eigenvalue weighted by Gasteiger charge is 2.16. The number of anilines is 5. The number of nitrogens with zero attached hydrogens (tertiary/aromatic N) is 3. The fraction of sp³-hybridized carbons (Fsp3) is 0.111. The zero-order valence-electron chi connectivity index (χ0n) is 13.3. The summed E-state index contributed by atoms with van der Waals surface area (Å²) in [6, 6.07) is 17.4. The van der Waals surface area contributed by atoms with Crippen LogP contribution < -0.4 is 16.0 Å². The maximum atomic E-state index is 6.32. The SMILES string of the molecule is CCN(c1ccccc1)c1ncnc(Nc2ccccc2Cl)c1N. The average Bonchev–Trinajstić information content (AvgIpc) is 2.61. The molecule has 0 saturated carbocycles. The molecule has 2 aromatic carbocycles. The molecule has 24 heavy (non-hydrogen) atoms. The van der Waals surface area contributed by atoms with Crippen molar-refractivity contribution in [3.63, 3.8) is 0 Å². The van der Waals surface area contributed by atoms with E-state index in [1.165, 1.54) is 6.33 Å². The van der Waals surface area contributed by atoms with Crippen molar-refractivity contribution >= 4 is 40.3 Å². The summed E-state index contributed by atoms with van der Waals surface area (Å²) in [5.41, 5.74) is 8.57. The van der Waals surface area contributed by atoms with Crippen LogP contribution in [0.25, 0.3) is 0 Å². The number of nitrogen functional groups attached to an aromatic ring is 1. The summed E-state index contributed by atoms with van der Waals surface area (Å²) < 4.78 is 0. The van der Waals surface area contributed by atoms with Crippen molar-refractivity contribution in [2.24, 2.45) is 0 Å². The van der Waals surface area contributed by atoms with Gasteiger partial charge >= 0.3 is 0 Å². The monoisotopic (exact) mass is 339 g/mol. The molecule has 0 unspecified atom stereocenters. The van der Waals surface area contributed by atoms with Gasteiger partial charge in [0.25, 0.3) is 0 Å². The zero-order valence-corrected chi connectivity index (χ0v) is 14.0. The number of para-hydroxylation sites is 2. The second-order valence-electron chi connectivity index (χ2n) is 5.14. The highest BCUT2D eigenvalue weighted by atomic mass is 35.5. The van der Waals surface area contributed by atoms with Crippen LogP contribution in [0.4, 0.5) is 28.7 Å². The molecular formula is C18H18ClN5. The van der Waals surface area contributed by atoms with Crippen LogP contribution in [-0.4, -0.2) is 16.5 Å². The quantitative estimate of drug-likeness (QED) is 0.710. The van der Waals surface area contributed by atoms with Gasteiger partial charge in [-0.25, -0.2) is 9.97 Å². The third kappa shape index (κ3) is 3.26. The molecule has 3 aromatic rings. The summed E-state index contributed by atoms with van der Waals surface area (Å²) in [7, 11) is 0. The second-order valence-corrected chi connectivity index (χ2v) is 5.55. The van der Waals surface area contributed by atoms with E-state index in [2.05, 4.69) is 22.2 Å². The van der Waals surface area contributed by atoms with Crippen molar-refractivity contribution in [2.75, 3.05) is 22.5 Å². The van der Waals surface area contributed by atoms with E-state index in [4.69, 9.17) is 17.3 Å². The number of aromatic nitrogens is 2. The van der Waals surface area contributed by atoms with E-state index in [1.807, 2.05) is 59.5 Å². The lowest BCUT2D eigenvalue weighted by Crippen LogP contribution is -2.19. The van der Waals surface area contributed by atoms with Crippen LogP contribution >= 0.6 is 11.6 Å². The average molecular weight is 340 g/mol. The Morgan fingerprint density at radius 1 is 1.04 bits per heavy atom. The molecule has 0 spiro atoms. The Morgan fingerprint density at radius 3 is 2.46 bits per heavy atom. The van der Waals surface area contributed by atoms with Crippen LogP contribution in [0.2, 0.25) is 5.02 Å². The molecule has 0 fully saturated rings. The van der Waals surface area contributed by atoms with E-state index >= 15 is 0 Å². The molecule has 3 rings (SSSR count). The number of rotatable bonds is 5. The Morgan fingerprint density at radius 2 is 1.75 bits per heavy atom. The van der Waals surface area contributed by atoms with Gasteiger partial charge in [0.1, 0.15) is 12.0 Å². The van der Waals surface area contributed by atoms with Crippen LogP contribution in [0.1, 0.15) is 6.92 Å². The minimum absolute atomic E-state index is 0.475. The molecule has 0 bridgehead atoms. The first kappa shape index (κ1) is 16.1. The van der Waals surface area contributed by atoms with Crippen molar-refractivity contribution in [3.05, 3.63) is 65.9 Å². The molecule has 1 aromatic heterocycles. The largest absolute Gasteiger partial charge is 0.393 e. The predicted molar refractivity (Wildman–Crippen MR) is 100 cm³/mol. The highest BCUT2D eigenvalue weighted by molar-refractivity contribution is 6.33. The molecule has 0 amide bonds. The number of nitrogens with two attached hydrogens (primary N) is 1. The van der Waals surface area contributed by atoms with Crippen molar-refractivity contribution < 1.29 is 0 Å². The molecule has 0 aliphatic heterocycles. The first-order valence-corrected chi connectivity index (χ1v) is 8.03. The van der Waals surface area contributed by atoms with Gasteiger partial charge in [0, 0.05) is 12.2 Å². The summed E-state index contributed by atoms with van der Waals surface area (Å²) in [6.07, 6.45) is 1.50. The van der Waals surface area contributed by atoms with Gasteiger partial charge < -0.3 is 16.0 Å². The van der Waals surface area contributed by atoms with E-state index in [0.717, 1.165) is 17.9 Å². The fourth-order valence-electron chi connectivity index (χ4n) is 2.45. The van der Waals surface area contributed by atoms with Crippen molar-refractivity contribution in [3.8, 4) is 0 Å². The van der Waals surface area contributed by atoms with Crippen molar-refractivity contribution in [2.45, 2.75) is 6.92 Å². The van der Waals surface area contributed by atoms with Crippen LogP contribution in [0.15, 0.2) is 60.9 Å². The molecular weight excluding hydrogens is 322 g/mol. The maximum absolute atomic E-state index is 6.32. The van der Waals surface area contributed by atoms with Crippen molar-refractivity contribution in [1.82, 2.24) is 9.97 Å². The molecule has 3 N–H and O–H groups in total. The lowest BCUT2D eigenvalue weighted by Gasteiger charge is -2.24. The smallest absolute Gasteiger partial charge is 0.161 e. The Hall–Kier alpha value is -2.79. The van der Waals surface area contributed by atoms with Crippen LogP contribution in [-0.2, 0) is 0 Å².